The van der Waals surface area contributed by atoms with Crippen LogP contribution in [0.5, 0.6) is 5.75 Å². The van der Waals surface area contributed by atoms with E-state index in [4.69, 9.17) is 0 Å². The van der Waals surface area contributed by atoms with Crippen molar-refractivity contribution in [1.82, 2.24) is 25.4 Å². The number of benzene rings is 1. The van der Waals surface area contributed by atoms with Crippen LogP contribution in [0.15, 0.2) is 30.6 Å². The minimum Gasteiger partial charge on any atom is -0.508 e. The fourth-order valence-corrected chi connectivity index (χ4v) is 2.33. The van der Waals surface area contributed by atoms with Crippen molar-refractivity contribution < 1.29 is 9.90 Å². The fourth-order valence-electron chi connectivity index (χ4n) is 2.33. The molecule has 124 valence electrons. The highest BCUT2D eigenvalue weighted by atomic mass is 16.3. The summed E-state index contributed by atoms with van der Waals surface area (Å²) in [5.41, 5.74) is 1.13. The topological polar surface area (TPSA) is 92.1 Å². The van der Waals surface area contributed by atoms with Crippen molar-refractivity contribution in [2.24, 2.45) is 7.05 Å². The van der Waals surface area contributed by atoms with Crippen LogP contribution in [0, 0.1) is 0 Å². The molecule has 0 aliphatic carbocycles. The van der Waals surface area contributed by atoms with Crippen molar-refractivity contribution in [1.29, 1.82) is 0 Å². The van der Waals surface area contributed by atoms with Gasteiger partial charge >= 0.3 is 6.03 Å². The molecule has 2 aromatic rings. The Hall–Kier alpha value is -2.57. The molecule has 7 heteroatoms. The molecule has 3 N–H and O–H groups in total. The zero-order valence-electron chi connectivity index (χ0n) is 13.7. The van der Waals surface area contributed by atoms with E-state index in [0.29, 0.717) is 5.82 Å². The maximum Gasteiger partial charge on any atom is 0.315 e. The van der Waals surface area contributed by atoms with Crippen LogP contribution in [0.2, 0.25) is 0 Å². The maximum absolute atomic E-state index is 12.0. The Morgan fingerprint density at radius 2 is 1.96 bits per heavy atom. The van der Waals surface area contributed by atoms with Gasteiger partial charge in [0.25, 0.3) is 0 Å². The molecule has 7 nitrogen and oxygen atoms in total. The second kappa shape index (κ2) is 7.62. The largest absolute Gasteiger partial charge is 0.508 e. The van der Waals surface area contributed by atoms with Crippen LogP contribution in [-0.4, -0.2) is 31.9 Å². The number of hydrogen-bond donors (Lipinski definition) is 3. The van der Waals surface area contributed by atoms with Crippen LogP contribution >= 0.6 is 0 Å². The zero-order chi connectivity index (χ0) is 16.8. The number of phenols is 1. The Labute approximate surface area is 135 Å². The molecule has 0 spiro atoms. The molecule has 2 rings (SSSR count). The number of hydrogen-bond acceptors (Lipinski definition) is 4. The number of phenolic OH excluding ortho intramolecular Hbond substituents is 1. The first-order valence-corrected chi connectivity index (χ1v) is 7.64. The van der Waals surface area contributed by atoms with Gasteiger partial charge in [-0.05, 0) is 44.4 Å². The Bertz CT molecular complexity index is 638. The van der Waals surface area contributed by atoms with Gasteiger partial charge in [0.05, 0.1) is 6.04 Å². The molecule has 1 heterocycles. The number of urea groups is 1. The van der Waals surface area contributed by atoms with E-state index < -0.39 is 0 Å². The summed E-state index contributed by atoms with van der Waals surface area (Å²) in [6.45, 7) is 3.83. The van der Waals surface area contributed by atoms with E-state index in [2.05, 4.69) is 20.8 Å². The van der Waals surface area contributed by atoms with Gasteiger partial charge in [0.15, 0.2) is 5.82 Å². The minimum absolute atomic E-state index is 0.0375. The Kier molecular flexibility index (Phi) is 5.56. The van der Waals surface area contributed by atoms with E-state index in [-0.39, 0.29) is 23.9 Å². The smallest absolute Gasteiger partial charge is 0.315 e. The number of nitrogens with one attached hydrogen (secondary N) is 2. The van der Waals surface area contributed by atoms with E-state index in [1.165, 1.54) is 0 Å². The third kappa shape index (κ3) is 4.98. The first-order valence-electron chi connectivity index (χ1n) is 7.64. The number of aromatic nitrogens is 3. The molecule has 0 aliphatic heterocycles. The van der Waals surface area contributed by atoms with Crippen LogP contribution in [0.3, 0.4) is 0 Å². The highest BCUT2D eigenvalue weighted by Crippen LogP contribution is 2.12. The average Bonchev–Trinajstić information content (AvgIpc) is 2.92. The molecular formula is C16H23N5O2. The summed E-state index contributed by atoms with van der Waals surface area (Å²) in [4.78, 5) is 12.0. The molecule has 1 aromatic heterocycles. The number of rotatable bonds is 6. The van der Waals surface area contributed by atoms with E-state index in [0.717, 1.165) is 18.4 Å². The molecule has 0 radical (unpaired) electrons. The van der Waals surface area contributed by atoms with Gasteiger partial charge in [0, 0.05) is 13.1 Å². The van der Waals surface area contributed by atoms with Crippen molar-refractivity contribution in [2.75, 3.05) is 0 Å². The summed E-state index contributed by atoms with van der Waals surface area (Å²) in [6, 6.07) is 6.71. The lowest BCUT2D eigenvalue weighted by Gasteiger charge is -2.17. The minimum atomic E-state index is -0.223. The van der Waals surface area contributed by atoms with E-state index in [1.54, 1.807) is 23.0 Å². The highest BCUT2D eigenvalue weighted by molar-refractivity contribution is 5.74. The number of aryl methyl sites for hydroxylation is 2. The number of aromatic hydroxyl groups is 1. The van der Waals surface area contributed by atoms with Crippen molar-refractivity contribution in [2.45, 2.75) is 38.8 Å². The van der Waals surface area contributed by atoms with E-state index in [1.807, 2.05) is 33.0 Å². The maximum atomic E-state index is 12.0. The summed E-state index contributed by atoms with van der Waals surface area (Å²) in [6.07, 6.45) is 3.25. The first-order chi connectivity index (χ1) is 11.0. The van der Waals surface area contributed by atoms with Crippen LogP contribution < -0.4 is 10.6 Å². The normalized spacial score (nSPS) is 13.3. The van der Waals surface area contributed by atoms with Gasteiger partial charge in [-0.2, -0.15) is 0 Å². The van der Waals surface area contributed by atoms with Gasteiger partial charge in [-0.3, -0.25) is 0 Å². The summed E-state index contributed by atoms with van der Waals surface area (Å²) in [5.74, 6) is 0.967. The molecule has 0 aliphatic rings. The molecule has 0 unspecified atom stereocenters. The van der Waals surface area contributed by atoms with Crippen molar-refractivity contribution in [3.8, 4) is 5.75 Å². The first kappa shape index (κ1) is 16.8. The number of carbonyl (C=O) groups is 1. The van der Waals surface area contributed by atoms with Crippen molar-refractivity contribution in [3.63, 3.8) is 0 Å². The SMILES string of the molecule is C[C@@H](CCc1ccc(O)cc1)NC(=O)N[C@H](C)c1nncn1C. The number of nitrogens with zero attached hydrogens (tertiary/aromatic N) is 3. The van der Waals surface area contributed by atoms with Gasteiger partial charge in [-0.25, -0.2) is 4.79 Å². The monoisotopic (exact) mass is 317 g/mol. The quantitative estimate of drug-likeness (QED) is 0.759. The summed E-state index contributed by atoms with van der Waals surface area (Å²) in [7, 11) is 1.84. The fraction of sp³-hybridized carbons (Fsp3) is 0.438. The Morgan fingerprint density at radius 3 is 2.57 bits per heavy atom. The van der Waals surface area contributed by atoms with Crippen LogP contribution in [0.1, 0.15) is 37.7 Å². The number of amides is 2. The lowest BCUT2D eigenvalue weighted by molar-refractivity contribution is 0.233. The summed E-state index contributed by atoms with van der Waals surface area (Å²) >= 11 is 0. The zero-order valence-corrected chi connectivity index (χ0v) is 13.7. The van der Waals surface area contributed by atoms with Gasteiger partial charge in [-0.1, -0.05) is 12.1 Å². The third-order valence-electron chi connectivity index (χ3n) is 3.66. The van der Waals surface area contributed by atoms with Crippen LogP contribution in [0.25, 0.3) is 0 Å². The van der Waals surface area contributed by atoms with Crippen molar-refractivity contribution in [3.05, 3.63) is 42.0 Å². The van der Waals surface area contributed by atoms with E-state index >= 15 is 0 Å². The van der Waals surface area contributed by atoms with Gasteiger partial charge < -0.3 is 20.3 Å². The van der Waals surface area contributed by atoms with Gasteiger partial charge in [-0.15, -0.1) is 10.2 Å². The third-order valence-corrected chi connectivity index (χ3v) is 3.66. The predicted molar refractivity (Wildman–Crippen MR) is 87.0 cm³/mol. The van der Waals surface area contributed by atoms with Gasteiger partial charge in [0.1, 0.15) is 12.1 Å². The van der Waals surface area contributed by atoms with Gasteiger partial charge in [0.2, 0.25) is 0 Å². The molecule has 2 amide bonds. The lowest BCUT2D eigenvalue weighted by Crippen LogP contribution is -2.42. The summed E-state index contributed by atoms with van der Waals surface area (Å²) in [5, 5.41) is 22.8. The van der Waals surface area contributed by atoms with Crippen LogP contribution in [0.4, 0.5) is 4.79 Å². The second-order valence-electron chi connectivity index (χ2n) is 5.75. The molecule has 0 bridgehead atoms. The molecule has 1 aromatic carbocycles. The average molecular weight is 317 g/mol. The molecule has 23 heavy (non-hydrogen) atoms. The van der Waals surface area contributed by atoms with Crippen molar-refractivity contribution >= 4 is 6.03 Å². The highest BCUT2D eigenvalue weighted by Gasteiger charge is 2.15. The Morgan fingerprint density at radius 1 is 1.26 bits per heavy atom. The lowest BCUT2D eigenvalue weighted by atomic mass is 10.1. The predicted octanol–water partition coefficient (Wildman–Crippen LogP) is 1.90. The standard InChI is InChI=1S/C16H23N5O2/c1-11(4-5-13-6-8-14(22)9-7-13)18-16(23)19-12(2)15-20-17-10-21(15)3/h6-12,22H,4-5H2,1-3H3,(H2,18,19,23)/t11-,12+/m0/s1. The van der Waals surface area contributed by atoms with E-state index in [9.17, 15) is 9.90 Å². The molecule has 2 atom stereocenters. The second-order valence-corrected chi connectivity index (χ2v) is 5.75. The molecular weight excluding hydrogens is 294 g/mol. The molecule has 0 saturated carbocycles. The van der Waals surface area contributed by atoms with Crippen LogP contribution in [-0.2, 0) is 13.5 Å². The Balaban J connectivity index is 1.76. The molecule has 0 saturated heterocycles. The molecule has 0 fully saturated rings. The summed E-state index contributed by atoms with van der Waals surface area (Å²) < 4.78 is 1.78. The number of carbonyl (C=O) groups excluding carboxylic acids is 1.